The number of hydrogen-bond acceptors (Lipinski definition) is 4. The number of nitrogens with zero attached hydrogens (tertiary/aromatic N) is 1. The zero-order chi connectivity index (χ0) is 20.4. The van der Waals surface area contributed by atoms with Gasteiger partial charge in [-0.1, -0.05) is 33.8 Å². The molecule has 1 aromatic carbocycles. The summed E-state index contributed by atoms with van der Waals surface area (Å²) >= 11 is 0. The molecule has 6 heteroatoms. The van der Waals surface area contributed by atoms with Gasteiger partial charge in [0.1, 0.15) is 6.04 Å². The van der Waals surface area contributed by atoms with E-state index in [0.29, 0.717) is 30.6 Å². The van der Waals surface area contributed by atoms with Gasteiger partial charge in [0.25, 0.3) is 11.8 Å². The van der Waals surface area contributed by atoms with Crippen molar-refractivity contribution in [1.82, 2.24) is 10.2 Å². The van der Waals surface area contributed by atoms with E-state index in [1.165, 1.54) is 7.11 Å². The Hall–Kier alpha value is -2.37. The highest BCUT2D eigenvalue weighted by molar-refractivity contribution is 6.00. The molecule has 1 rings (SSSR count). The van der Waals surface area contributed by atoms with Crippen LogP contribution in [0.4, 0.5) is 0 Å². The highest BCUT2D eigenvalue weighted by Gasteiger charge is 2.24. The lowest BCUT2D eigenvalue weighted by molar-refractivity contribution is -0.143. The van der Waals surface area contributed by atoms with Crippen LogP contribution in [0.1, 0.15) is 67.7 Å². The normalized spacial score (nSPS) is 11.8. The van der Waals surface area contributed by atoms with Gasteiger partial charge in [-0.2, -0.15) is 0 Å². The van der Waals surface area contributed by atoms with Crippen molar-refractivity contribution in [2.45, 2.75) is 53.0 Å². The van der Waals surface area contributed by atoms with E-state index in [-0.39, 0.29) is 11.8 Å². The quantitative estimate of drug-likeness (QED) is 0.636. The first-order valence-corrected chi connectivity index (χ1v) is 9.61. The molecule has 2 amide bonds. The fourth-order valence-electron chi connectivity index (χ4n) is 2.90. The van der Waals surface area contributed by atoms with E-state index in [9.17, 15) is 14.4 Å². The monoisotopic (exact) mass is 376 g/mol. The molecule has 27 heavy (non-hydrogen) atoms. The lowest BCUT2D eigenvalue weighted by Crippen LogP contribution is -2.42. The van der Waals surface area contributed by atoms with Crippen molar-refractivity contribution in [1.29, 1.82) is 0 Å². The summed E-state index contributed by atoms with van der Waals surface area (Å²) in [6.07, 6.45) is 2.24. The minimum atomic E-state index is -0.710. The van der Waals surface area contributed by atoms with Gasteiger partial charge in [0.05, 0.1) is 7.11 Å². The molecule has 0 aliphatic carbocycles. The highest BCUT2D eigenvalue weighted by Crippen LogP contribution is 2.12. The summed E-state index contributed by atoms with van der Waals surface area (Å²) in [5.41, 5.74) is 0.828. The Balaban J connectivity index is 2.97. The summed E-state index contributed by atoms with van der Waals surface area (Å²) in [6, 6.07) is 5.91. The first-order chi connectivity index (χ1) is 12.8. The van der Waals surface area contributed by atoms with E-state index >= 15 is 0 Å². The molecule has 150 valence electrons. The lowest BCUT2D eigenvalue weighted by Gasteiger charge is -2.22. The molecule has 0 spiro atoms. The number of rotatable bonds is 10. The van der Waals surface area contributed by atoms with E-state index in [1.807, 2.05) is 27.7 Å². The van der Waals surface area contributed by atoms with Gasteiger partial charge in [0.2, 0.25) is 0 Å². The fourth-order valence-corrected chi connectivity index (χ4v) is 2.90. The van der Waals surface area contributed by atoms with Gasteiger partial charge >= 0.3 is 5.97 Å². The topological polar surface area (TPSA) is 75.7 Å². The zero-order valence-corrected chi connectivity index (χ0v) is 17.1. The summed E-state index contributed by atoms with van der Waals surface area (Å²) in [5, 5.41) is 2.72. The maximum atomic E-state index is 12.7. The molecule has 0 saturated carbocycles. The van der Waals surface area contributed by atoms with Crippen LogP contribution < -0.4 is 5.32 Å². The predicted octanol–water partition coefficient (Wildman–Crippen LogP) is 3.27. The van der Waals surface area contributed by atoms with Gasteiger partial charge in [0.15, 0.2) is 0 Å². The second-order valence-electron chi connectivity index (χ2n) is 7.05. The highest BCUT2D eigenvalue weighted by atomic mass is 16.5. The van der Waals surface area contributed by atoms with Crippen molar-refractivity contribution in [3.05, 3.63) is 35.4 Å². The molecule has 1 aromatic rings. The minimum absolute atomic E-state index is 0.0833. The van der Waals surface area contributed by atoms with Crippen molar-refractivity contribution in [3.63, 3.8) is 0 Å². The average molecular weight is 376 g/mol. The SMILES string of the molecule is CCCN(CCC)C(=O)c1cccc(C(=O)N[C@@H](CC(C)C)C(=O)OC)c1. The van der Waals surface area contributed by atoms with Crippen molar-refractivity contribution in [3.8, 4) is 0 Å². The number of carbonyl (C=O) groups excluding carboxylic acids is 3. The fraction of sp³-hybridized carbons (Fsp3) is 0.571. The summed E-state index contributed by atoms with van der Waals surface area (Å²) in [6.45, 7) is 9.36. The van der Waals surface area contributed by atoms with Gasteiger partial charge in [-0.25, -0.2) is 4.79 Å². The van der Waals surface area contributed by atoms with Crippen molar-refractivity contribution < 1.29 is 19.1 Å². The van der Waals surface area contributed by atoms with Gasteiger partial charge in [0, 0.05) is 24.2 Å². The molecule has 0 fully saturated rings. The Bertz CT molecular complexity index is 637. The largest absolute Gasteiger partial charge is 0.467 e. The number of nitrogens with one attached hydrogen (secondary N) is 1. The van der Waals surface area contributed by atoms with Crippen LogP contribution in [-0.4, -0.2) is 48.9 Å². The predicted molar refractivity (Wildman–Crippen MR) is 106 cm³/mol. The lowest BCUT2D eigenvalue weighted by atomic mass is 10.0. The standard InChI is InChI=1S/C21H32N2O4/c1-6-11-23(12-7-2)20(25)17-10-8-9-16(14-17)19(24)22-18(13-15(3)4)21(26)27-5/h8-10,14-15,18H,6-7,11-13H2,1-5H3,(H,22,24)/t18-/m0/s1. The molecule has 0 unspecified atom stereocenters. The van der Waals surface area contributed by atoms with Crippen LogP contribution in [0.15, 0.2) is 24.3 Å². The second-order valence-corrected chi connectivity index (χ2v) is 7.05. The average Bonchev–Trinajstić information content (AvgIpc) is 2.65. The molecule has 6 nitrogen and oxygen atoms in total. The second kappa shape index (κ2) is 11.4. The van der Waals surface area contributed by atoms with Gasteiger partial charge in [-0.05, 0) is 43.4 Å². The number of amides is 2. The van der Waals surface area contributed by atoms with Crippen LogP contribution >= 0.6 is 0 Å². The van der Waals surface area contributed by atoms with Gasteiger partial charge < -0.3 is 15.0 Å². The van der Waals surface area contributed by atoms with E-state index in [2.05, 4.69) is 5.32 Å². The van der Waals surface area contributed by atoms with Crippen LogP contribution in [-0.2, 0) is 9.53 Å². The third-order valence-electron chi connectivity index (χ3n) is 4.14. The minimum Gasteiger partial charge on any atom is -0.467 e. The number of benzene rings is 1. The third-order valence-corrected chi connectivity index (χ3v) is 4.14. The molecule has 0 radical (unpaired) electrons. The Morgan fingerprint density at radius 2 is 1.67 bits per heavy atom. The number of esters is 1. The Kier molecular flexibility index (Phi) is 9.54. The number of ether oxygens (including phenoxy) is 1. The molecule has 1 N–H and O–H groups in total. The van der Waals surface area contributed by atoms with Crippen LogP contribution in [0, 0.1) is 5.92 Å². The van der Waals surface area contributed by atoms with Crippen molar-refractivity contribution in [2.24, 2.45) is 5.92 Å². The van der Waals surface area contributed by atoms with E-state index in [0.717, 1.165) is 12.8 Å². The molecule has 0 aromatic heterocycles. The Morgan fingerprint density at radius 1 is 1.07 bits per heavy atom. The number of methoxy groups -OCH3 is 1. The van der Waals surface area contributed by atoms with E-state index in [1.54, 1.807) is 29.2 Å². The van der Waals surface area contributed by atoms with Crippen LogP contribution in [0.3, 0.4) is 0 Å². The molecule has 0 aliphatic heterocycles. The maximum absolute atomic E-state index is 12.7. The van der Waals surface area contributed by atoms with Gasteiger partial charge in [-0.3, -0.25) is 9.59 Å². The summed E-state index contributed by atoms with van der Waals surface area (Å²) in [4.78, 5) is 39.1. The summed E-state index contributed by atoms with van der Waals surface area (Å²) < 4.78 is 4.78. The van der Waals surface area contributed by atoms with Crippen LogP contribution in [0.5, 0.6) is 0 Å². The first kappa shape index (κ1) is 22.7. The van der Waals surface area contributed by atoms with Crippen molar-refractivity contribution in [2.75, 3.05) is 20.2 Å². The Labute approximate surface area is 162 Å². The van der Waals surface area contributed by atoms with Crippen LogP contribution in [0.2, 0.25) is 0 Å². The molecular formula is C21H32N2O4. The van der Waals surface area contributed by atoms with Crippen LogP contribution in [0.25, 0.3) is 0 Å². The first-order valence-electron chi connectivity index (χ1n) is 9.61. The Morgan fingerprint density at radius 3 is 2.19 bits per heavy atom. The maximum Gasteiger partial charge on any atom is 0.328 e. The molecule has 0 bridgehead atoms. The number of carbonyl (C=O) groups is 3. The summed E-state index contributed by atoms with van der Waals surface area (Å²) in [7, 11) is 1.30. The number of hydrogen-bond donors (Lipinski definition) is 1. The van der Waals surface area contributed by atoms with Crippen molar-refractivity contribution >= 4 is 17.8 Å². The molecule has 0 aliphatic rings. The van der Waals surface area contributed by atoms with E-state index < -0.39 is 17.9 Å². The smallest absolute Gasteiger partial charge is 0.328 e. The molecular weight excluding hydrogens is 344 g/mol. The molecule has 0 heterocycles. The summed E-state index contributed by atoms with van der Waals surface area (Å²) in [5.74, 6) is -0.724. The zero-order valence-electron chi connectivity index (χ0n) is 17.1. The molecule has 0 saturated heterocycles. The molecule has 1 atom stereocenters. The third kappa shape index (κ3) is 7.04. The van der Waals surface area contributed by atoms with Gasteiger partial charge in [-0.15, -0.1) is 0 Å². The van der Waals surface area contributed by atoms with E-state index in [4.69, 9.17) is 4.74 Å².